The summed E-state index contributed by atoms with van der Waals surface area (Å²) >= 11 is 11.9. The van der Waals surface area contributed by atoms with Crippen molar-refractivity contribution in [3.8, 4) is 11.8 Å². The number of rotatable bonds is 5. The molecule has 180 valence electrons. The fraction of sp³-hybridized carbons (Fsp3) is 0.312. The number of sulfonamides is 1. The number of aromatic nitrogens is 2. The zero-order valence-corrected chi connectivity index (χ0v) is 19.0. The Bertz CT molecular complexity index is 1220. The number of halogens is 8. The zero-order chi connectivity index (χ0) is 25.5. The van der Waals surface area contributed by atoms with Crippen molar-refractivity contribution < 1.29 is 34.8 Å². The van der Waals surface area contributed by atoms with Crippen molar-refractivity contribution in [1.82, 2.24) is 14.7 Å². The van der Waals surface area contributed by atoms with Crippen LogP contribution in [0.15, 0.2) is 17.1 Å². The Morgan fingerprint density at radius 3 is 2.03 bits per heavy atom. The van der Waals surface area contributed by atoms with Gasteiger partial charge in [0.15, 0.2) is 11.5 Å². The van der Waals surface area contributed by atoms with Crippen LogP contribution in [0.4, 0.5) is 37.8 Å². The van der Waals surface area contributed by atoms with E-state index >= 15 is 0 Å². The van der Waals surface area contributed by atoms with Gasteiger partial charge in [0.1, 0.15) is 17.4 Å². The van der Waals surface area contributed by atoms with Gasteiger partial charge in [-0.25, -0.2) is 9.67 Å². The van der Waals surface area contributed by atoms with Crippen LogP contribution in [0.1, 0.15) is 11.3 Å². The van der Waals surface area contributed by atoms with Gasteiger partial charge < -0.3 is 4.90 Å². The van der Waals surface area contributed by atoms with E-state index < -0.39 is 60.2 Å². The fourth-order valence-electron chi connectivity index (χ4n) is 2.42. The molecule has 17 heteroatoms. The molecule has 0 unspecified atom stereocenters. The van der Waals surface area contributed by atoms with Crippen LogP contribution in [0, 0.1) is 11.3 Å². The van der Waals surface area contributed by atoms with E-state index in [1.807, 2.05) is 0 Å². The van der Waals surface area contributed by atoms with Crippen molar-refractivity contribution in [1.29, 1.82) is 5.26 Å². The molecule has 1 aromatic carbocycles. The lowest BCUT2D eigenvalue weighted by molar-refractivity contribution is -0.137. The summed E-state index contributed by atoms with van der Waals surface area (Å²) in [5, 5.41) is 11.8. The van der Waals surface area contributed by atoms with Gasteiger partial charge in [-0.1, -0.05) is 23.2 Å². The van der Waals surface area contributed by atoms with Crippen LogP contribution in [-0.2, 0) is 16.2 Å². The third-order valence-electron chi connectivity index (χ3n) is 3.88. The van der Waals surface area contributed by atoms with Crippen LogP contribution in [0.3, 0.4) is 0 Å². The number of nitrogens with zero attached hydrogens (tertiary/aromatic N) is 6. The van der Waals surface area contributed by atoms with Crippen molar-refractivity contribution in [2.75, 3.05) is 25.4 Å². The molecule has 0 aliphatic carbocycles. The van der Waals surface area contributed by atoms with E-state index in [0.717, 1.165) is 6.34 Å². The molecule has 0 aliphatic rings. The molecule has 2 aromatic rings. The Hall–Kier alpha value is -2.70. The smallest absolute Gasteiger partial charge is 0.369 e. The molecule has 0 atom stereocenters. The van der Waals surface area contributed by atoms with Gasteiger partial charge in [-0.3, -0.25) is 4.31 Å². The van der Waals surface area contributed by atoms with Gasteiger partial charge in [-0.15, -0.1) is 0 Å². The van der Waals surface area contributed by atoms with E-state index in [4.69, 9.17) is 23.2 Å². The van der Waals surface area contributed by atoms with Gasteiger partial charge in [0.25, 0.3) is 0 Å². The molecule has 1 heterocycles. The average molecular weight is 537 g/mol. The van der Waals surface area contributed by atoms with Gasteiger partial charge in [0.05, 0.1) is 21.9 Å². The molecule has 8 nitrogen and oxygen atoms in total. The van der Waals surface area contributed by atoms with E-state index in [2.05, 4.69) is 10.1 Å². The van der Waals surface area contributed by atoms with Crippen LogP contribution in [0.25, 0.3) is 5.69 Å². The highest BCUT2D eigenvalue weighted by Gasteiger charge is 2.50. The molecule has 0 saturated carbocycles. The second-order valence-corrected chi connectivity index (χ2v) is 9.23. The number of hydrogen-bond donors (Lipinski definition) is 0. The predicted octanol–water partition coefficient (Wildman–Crippen LogP) is 4.58. The number of hydrogen-bond acceptors (Lipinski definition) is 5. The highest BCUT2D eigenvalue weighted by Crippen LogP contribution is 2.43. The highest BCUT2D eigenvalue weighted by atomic mass is 35.5. The molecule has 2 rings (SSSR count). The summed E-state index contributed by atoms with van der Waals surface area (Å²) in [5.41, 5.74) is -9.20. The Kier molecular flexibility index (Phi) is 7.17. The molecule has 0 aliphatic heterocycles. The van der Waals surface area contributed by atoms with Gasteiger partial charge in [0, 0.05) is 21.1 Å². The molecule has 0 amide bonds. The number of aliphatic imine (C=N–C) groups is 1. The Morgan fingerprint density at radius 2 is 1.64 bits per heavy atom. The first-order valence-electron chi connectivity index (χ1n) is 8.29. The first-order chi connectivity index (χ1) is 14.9. The summed E-state index contributed by atoms with van der Waals surface area (Å²) in [4.78, 5) is 5.16. The van der Waals surface area contributed by atoms with Crippen LogP contribution >= 0.6 is 23.2 Å². The topological polar surface area (TPSA) is 94.6 Å². The largest absolute Gasteiger partial charge is 0.516 e. The second kappa shape index (κ2) is 8.92. The van der Waals surface area contributed by atoms with Crippen LogP contribution in [0.5, 0.6) is 0 Å². The Labute approximate surface area is 193 Å². The molecule has 0 fully saturated rings. The standard InChI is InChI=1S/C16H12Cl2F6N6O2S/c1-28(2)7-26-14-13(29(3)33(31,32)16(22,23)24)11(6-25)27-30(14)12-9(17)4-8(5-10(12)18)15(19,20)21/h4-5,7H,1-3H3. The first-order valence-corrected chi connectivity index (χ1v) is 10.5. The van der Waals surface area contributed by atoms with E-state index in [1.54, 1.807) is 0 Å². The average Bonchev–Trinajstić information content (AvgIpc) is 3.01. The molecule has 0 radical (unpaired) electrons. The van der Waals surface area contributed by atoms with E-state index in [9.17, 15) is 40.0 Å². The summed E-state index contributed by atoms with van der Waals surface area (Å²) in [6.07, 6.45) is -3.80. The SMILES string of the molecule is CN(C)C=Nc1c(N(C)S(=O)(=O)C(F)(F)F)c(C#N)nn1-c1c(Cl)cc(C(F)(F)F)cc1Cl. The van der Waals surface area contributed by atoms with Crippen molar-refractivity contribution >= 4 is 51.1 Å². The summed E-state index contributed by atoms with van der Waals surface area (Å²) in [6.45, 7) is 0. The van der Waals surface area contributed by atoms with Crippen LogP contribution in [0.2, 0.25) is 10.0 Å². The van der Waals surface area contributed by atoms with Crippen molar-refractivity contribution in [2.24, 2.45) is 4.99 Å². The molecular weight excluding hydrogens is 525 g/mol. The van der Waals surface area contributed by atoms with E-state index in [1.165, 1.54) is 25.1 Å². The monoisotopic (exact) mass is 536 g/mol. The molecule has 0 saturated heterocycles. The lowest BCUT2D eigenvalue weighted by Gasteiger charge is -2.20. The Morgan fingerprint density at radius 1 is 1.12 bits per heavy atom. The lowest BCUT2D eigenvalue weighted by atomic mass is 10.2. The summed E-state index contributed by atoms with van der Waals surface area (Å²) < 4.78 is 103. The second-order valence-electron chi connectivity index (χ2n) is 6.46. The van der Waals surface area contributed by atoms with Crippen molar-refractivity contribution in [3.63, 3.8) is 0 Å². The third kappa shape index (κ3) is 5.12. The fourth-order valence-corrected chi connectivity index (χ4v) is 3.78. The first kappa shape index (κ1) is 26.6. The predicted molar refractivity (Wildman–Crippen MR) is 109 cm³/mol. The summed E-state index contributed by atoms with van der Waals surface area (Å²) in [5.74, 6) is -0.667. The molecule has 0 bridgehead atoms. The number of alkyl halides is 6. The van der Waals surface area contributed by atoms with Gasteiger partial charge >= 0.3 is 21.7 Å². The summed E-state index contributed by atoms with van der Waals surface area (Å²) in [6, 6.07) is 2.39. The zero-order valence-electron chi connectivity index (χ0n) is 16.7. The molecule has 0 spiro atoms. The number of benzene rings is 1. The molecule has 33 heavy (non-hydrogen) atoms. The van der Waals surface area contributed by atoms with Crippen molar-refractivity contribution in [2.45, 2.75) is 11.7 Å². The Balaban J connectivity index is 2.94. The third-order valence-corrected chi connectivity index (χ3v) is 5.94. The van der Waals surface area contributed by atoms with E-state index in [0.29, 0.717) is 23.9 Å². The van der Waals surface area contributed by atoms with Gasteiger partial charge in [-0.2, -0.15) is 45.1 Å². The normalized spacial score (nSPS) is 12.8. The van der Waals surface area contributed by atoms with E-state index in [-0.39, 0.29) is 4.31 Å². The maximum absolute atomic E-state index is 13.1. The molecular formula is C16H12Cl2F6N6O2S. The van der Waals surface area contributed by atoms with Crippen molar-refractivity contribution in [3.05, 3.63) is 33.4 Å². The highest BCUT2D eigenvalue weighted by molar-refractivity contribution is 7.93. The number of anilines is 1. The minimum absolute atomic E-state index is 0.261. The molecule has 0 N–H and O–H groups in total. The lowest BCUT2D eigenvalue weighted by Crippen LogP contribution is -2.38. The van der Waals surface area contributed by atoms with Crippen LogP contribution in [-0.4, -0.2) is 56.1 Å². The maximum atomic E-state index is 13.1. The molecule has 1 aromatic heterocycles. The maximum Gasteiger partial charge on any atom is 0.516 e. The quantitative estimate of drug-likeness (QED) is 0.316. The minimum Gasteiger partial charge on any atom is -0.369 e. The minimum atomic E-state index is -6.01. The summed E-state index contributed by atoms with van der Waals surface area (Å²) in [7, 11) is -2.58. The van der Waals surface area contributed by atoms with Crippen LogP contribution < -0.4 is 4.31 Å². The number of nitriles is 1. The van der Waals surface area contributed by atoms with Gasteiger partial charge in [0.2, 0.25) is 0 Å². The van der Waals surface area contributed by atoms with Gasteiger partial charge in [-0.05, 0) is 12.1 Å².